The van der Waals surface area contributed by atoms with Crippen LogP contribution in [-0.2, 0) is 11.2 Å². The molecule has 6 nitrogen and oxygen atoms in total. The zero-order valence-corrected chi connectivity index (χ0v) is 21.5. The topological polar surface area (TPSA) is 101 Å². The molecule has 0 radical (unpaired) electrons. The summed E-state index contributed by atoms with van der Waals surface area (Å²) in [6.07, 6.45) is 6.10. The number of carbonyl (C=O) groups is 2. The maximum absolute atomic E-state index is 13.3. The Morgan fingerprint density at radius 2 is 1.50 bits per heavy atom. The third-order valence-corrected chi connectivity index (χ3v) is 7.57. The largest absolute Gasteiger partial charge is 0.346 e. The molecule has 1 saturated carbocycles. The quantitative estimate of drug-likeness (QED) is 0.262. The first-order valence-electron chi connectivity index (χ1n) is 13.4. The summed E-state index contributed by atoms with van der Waals surface area (Å²) >= 11 is 0. The van der Waals surface area contributed by atoms with E-state index < -0.39 is 0 Å². The average molecular weight is 507 g/mol. The third kappa shape index (κ3) is 6.09. The number of H-pyrrole nitrogens is 1. The van der Waals surface area contributed by atoms with Crippen molar-refractivity contribution >= 4 is 11.7 Å². The number of benzene rings is 3. The molecule has 1 heterocycles. The summed E-state index contributed by atoms with van der Waals surface area (Å²) in [5.74, 6) is 1.30. The van der Waals surface area contributed by atoms with Gasteiger partial charge in [-0.05, 0) is 55.7 Å². The minimum absolute atomic E-state index is 0.00488. The summed E-state index contributed by atoms with van der Waals surface area (Å²) in [7, 11) is 0. The van der Waals surface area contributed by atoms with Gasteiger partial charge in [0.15, 0.2) is 5.78 Å². The molecule has 5 rings (SSSR count). The van der Waals surface area contributed by atoms with Crippen molar-refractivity contribution in [3.8, 4) is 11.3 Å². The van der Waals surface area contributed by atoms with Crippen molar-refractivity contribution in [3.63, 3.8) is 0 Å². The molecule has 4 aromatic rings. The van der Waals surface area contributed by atoms with Crippen molar-refractivity contribution in [3.05, 3.63) is 114 Å². The summed E-state index contributed by atoms with van der Waals surface area (Å²) in [6.45, 7) is 0.689. The predicted octanol–water partition coefficient (Wildman–Crippen LogP) is 5.47. The van der Waals surface area contributed by atoms with Crippen LogP contribution in [0.25, 0.3) is 11.3 Å². The summed E-state index contributed by atoms with van der Waals surface area (Å²) in [5, 5.41) is 3.28. The highest BCUT2D eigenvalue weighted by molar-refractivity contribution is 6.08. The van der Waals surface area contributed by atoms with E-state index in [2.05, 4.69) is 15.3 Å². The molecule has 1 unspecified atom stereocenters. The van der Waals surface area contributed by atoms with Gasteiger partial charge in [-0.2, -0.15) is 0 Å². The number of imidazole rings is 1. The predicted molar refractivity (Wildman–Crippen MR) is 149 cm³/mol. The lowest BCUT2D eigenvalue weighted by atomic mass is 9.81. The third-order valence-electron chi connectivity index (χ3n) is 7.57. The number of nitrogens with two attached hydrogens (primary N) is 1. The van der Waals surface area contributed by atoms with Crippen LogP contribution in [0.15, 0.2) is 91.1 Å². The second-order valence-corrected chi connectivity index (χ2v) is 10.2. The fraction of sp³-hybridized carbons (Fsp3) is 0.281. The van der Waals surface area contributed by atoms with E-state index in [4.69, 9.17) is 5.73 Å². The van der Waals surface area contributed by atoms with Gasteiger partial charge in [0.1, 0.15) is 5.82 Å². The van der Waals surface area contributed by atoms with Crippen LogP contribution in [-0.4, -0.2) is 28.2 Å². The van der Waals surface area contributed by atoms with E-state index in [1.165, 1.54) is 0 Å². The van der Waals surface area contributed by atoms with E-state index >= 15 is 0 Å². The number of aromatic nitrogens is 2. The highest BCUT2D eigenvalue weighted by atomic mass is 16.2. The second-order valence-electron chi connectivity index (χ2n) is 10.2. The molecule has 1 atom stereocenters. The molecule has 194 valence electrons. The lowest BCUT2D eigenvalue weighted by Crippen LogP contribution is -2.37. The smallest absolute Gasteiger partial charge is 0.223 e. The van der Waals surface area contributed by atoms with E-state index in [9.17, 15) is 9.59 Å². The molecule has 0 saturated heterocycles. The fourth-order valence-corrected chi connectivity index (χ4v) is 5.23. The van der Waals surface area contributed by atoms with Gasteiger partial charge in [0.05, 0.1) is 17.9 Å². The highest BCUT2D eigenvalue weighted by Gasteiger charge is 2.28. The minimum atomic E-state index is -0.317. The number of amides is 1. The van der Waals surface area contributed by atoms with Gasteiger partial charge < -0.3 is 16.0 Å². The number of rotatable bonds is 9. The number of hydrogen-bond donors (Lipinski definition) is 3. The SMILES string of the molecule is NCC1CCC(C(=O)NC(Cc2ccc(C(=O)c3ccccc3)cc2)c2ncc(-c3ccccc3)[nH]2)CC1. The number of nitrogens with zero attached hydrogens (tertiary/aromatic N) is 1. The molecular formula is C32H34N4O2. The normalized spacial score (nSPS) is 18.0. The van der Waals surface area contributed by atoms with Gasteiger partial charge in [-0.1, -0.05) is 84.9 Å². The summed E-state index contributed by atoms with van der Waals surface area (Å²) < 4.78 is 0. The number of hydrogen-bond acceptors (Lipinski definition) is 4. The summed E-state index contributed by atoms with van der Waals surface area (Å²) in [6, 6.07) is 26.6. The molecule has 38 heavy (non-hydrogen) atoms. The average Bonchev–Trinajstić information content (AvgIpc) is 3.48. The maximum atomic E-state index is 13.3. The van der Waals surface area contributed by atoms with E-state index in [1.807, 2.05) is 91.1 Å². The van der Waals surface area contributed by atoms with Crippen LogP contribution < -0.4 is 11.1 Å². The Morgan fingerprint density at radius 3 is 2.16 bits per heavy atom. The Kier molecular flexibility index (Phi) is 8.09. The van der Waals surface area contributed by atoms with Crippen molar-refractivity contribution in [2.75, 3.05) is 6.54 Å². The second kappa shape index (κ2) is 12.0. The van der Waals surface area contributed by atoms with Crippen LogP contribution in [0, 0.1) is 11.8 Å². The summed E-state index contributed by atoms with van der Waals surface area (Å²) in [4.78, 5) is 34.2. The van der Waals surface area contributed by atoms with Gasteiger partial charge in [-0.15, -0.1) is 0 Å². The van der Waals surface area contributed by atoms with Crippen molar-refractivity contribution in [2.45, 2.75) is 38.1 Å². The van der Waals surface area contributed by atoms with Crippen molar-refractivity contribution in [1.29, 1.82) is 0 Å². The van der Waals surface area contributed by atoms with Crippen LogP contribution in [0.1, 0.15) is 59.0 Å². The van der Waals surface area contributed by atoms with Gasteiger partial charge in [0.25, 0.3) is 0 Å². The molecule has 6 heteroatoms. The van der Waals surface area contributed by atoms with Gasteiger partial charge >= 0.3 is 0 Å². The summed E-state index contributed by atoms with van der Waals surface area (Å²) in [5.41, 5.74) is 10.1. The Hall–Kier alpha value is -4.03. The van der Waals surface area contributed by atoms with Crippen molar-refractivity contribution < 1.29 is 9.59 Å². The van der Waals surface area contributed by atoms with Crippen LogP contribution in [0.2, 0.25) is 0 Å². The Balaban J connectivity index is 1.34. The molecule has 1 amide bonds. The molecule has 1 aromatic heterocycles. The molecular weight excluding hydrogens is 472 g/mol. The fourth-order valence-electron chi connectivity index (χ4n) is 5.23. The Labute approximate surface area is 223 Å². The number of ketones is 1. The molecule has 1 aliphatic carbocycles. The maximum Gasteiger partial charge on any atom is 0.223 e. The van der Waals surface area contributed by atoms with E-state index in [0.29, 0.717) is 30.0 Å². The molecule has 1 aliphatic rings. The lowest BCUT2D eigenvalue weighted by molar-refractivity contribution is -0.127. The molecule has 4 N–H and O–H groups in total. The molecule has 0 bridgehead atoms. The van der Waals surface area contributed by atoms with Crippen LogP contribution in [0.5, 0.6) is 0 Å². The highest BCUT2D eigenvalue weighted by Crippen LogP contribution is 2.29. The minimum Gasteiger partial charge on any atom is -0.346 e. The first-order valence-corrected chi connectivity index (χ1v) is 13.4. The van der Waals surface area contributed by atoms with Gasteiger partial charge in [-0.3, -0.25) is 9.59 Å². The van der Waals surface area contributed by atoms with Gasteiger partial charge in [0.2, 0.25) is 5.91 Å². The Morgan fingerprint density at radius 1 is 0.868 bits per heavy atom. The van der Waals surface area contributed by atoms with Gasteiger partial charge in [-0.25, -0.2) is 4.98 Å². The number of aromatic amines is 1. The van der Waals surface area contributed by atoms with Crippen LogP contribution >= 0.6 is 0 Å². The monoisotopic (exact) mass is 506 g/mol. The number of carbonyl (C=O) groups excluding carboxylic acids is 2. The standard InChI is InChI=1S/C32H34N4O2/c33-20-23-13-17-27(18-14-23)32(38)36-28(31-34-21-29(35-31)24-7-3-1-4-8-24)19-22-11-15-26(16-12-22)30(37)25-9-5-2-6-10-25/h1-12,15-16,21,23,27-28H,13-14,17-20,33H2,(H,34,35)(H,36,38). The molecule has 1 fully saturated rings. The molecule has 0 spiro atoms. The first kappa shape index (κ1) is 25.6. The van der Waals surface area contributed by atoms with Crippen LogP contribution in [0.4, 0.5) is 0 Å². The number of nitrogens with one attached hydrogen (secondary N) is 2. The van der Waals surface area contributed by atoms with Gasteiger partial charge in [0, 0.05) is 17.0 Å². The van der Waals surface area contributed by atoms with Crippen molar-refractivity contribution in [2.24, 2.45) is 17.6 Å². The lowest BCUT2D eigenvalue weighted by Gasteiger charge is -2.28. The zero-order valence-electron chi connectivity index (χ0n) is 21.5. The van der Waals surface area contributed by atoms with E-state index in [1.54, 1.807) is 0 Å². The van der Waals surface area contributed by atoms with E-state index in [-0.39, 0.29) is 23.7 Å². The van der Waals surface area contributed by atoms with Crippen molar-refractivity contribution in [1.82, 2.24) is 15.3 Å². The Bertz CT molecular complexity index is 1340. The zero-order chi connectivity index (χ0) is 26.3. The molecule has 0 aliphatic heterocycles. The van der Waals surface area contributed by atoms with E-state index in [0.717, 1.165) is 48.3 Å². The van der Waals surface area contributed by atoms with Crippen LogP contribution in [0.3, 0.4) is 0 Å². The molecule has 3 aromatic carbocycles. The first-order chi connectivity index (χ1) is 18.6.